The summed E-state index contributed by atoms with van der Waals surface area (Å²) in [6, 6.07) is 0. The second kappa shape index (κ2) is 4.23. The van der Waals surface area contributed by atoms with Gasteiger partial charge in [0.25, 0.3) is 0 Å². The van der Waals surface area contributed by atoms with Gasteiger partial charge in [0.2, 0.25) is 0 Å². The van der Waals surface area contributed by atoms with Crippen LogP contribution in [0.5, 0.6) is 0 Å². The van der Waals surface area contributed by atoms with Crippen LogP contribution in [0.25, 0.3) is 0 Å². The minimum Gasteiger partial charge on any atom is -0.772 e. The van der Waals surface area contributed by atoms with Crippen molar-refractivity contribution in [3.05, 3.63) is 0 Å². The van der Waals surface area contributed by atoms with Gasteiger partial charge in [0.05, 0.1) is 0 Å². The average Bonchev–Trinajstić information content (AvgIpc) is 1.61. The molecule has 7 heavy (non-hydrogen) atoms. The Labute approximate surface area is 44.6 Å². The van der Waals surface area contributed by atoms with Crippen molar-refractivity contribution in [3.8, 4) is 0 Å². The molecule has 0 saturated carbocycles. The highest BCUT2D eigenvalue weighted by Gasteiger charge is 1.80. The Kier molecular flexibility index (Phi) is 4.28. The molecule has 0 aliphatic carbocycles. The quantitative estimate of drug-likeness (QED) is 0.502. The first-order valence-electron chi connectivity index (χ1n) is 1.94. The van der Waals surface area contributed by atoms with Crippen LogP contribution in [0.1, 0.15) is 6.42 Å². The van der Waals surface area contributed by atoms with Crippen molar-refractivity contribution in [2.75, 3.05) is 12.4 Å². The second-order valence-electron chi connectivity index (χ2n) is 1.09. The Balaban J connectivity index is 2.82. The van der Waals surface area contributed by atoms with Crippen LogP contribution in [0.3, 0.4) is 0 Å². The SMILES string of the molecule is O=S([O-])CCCO. The second-order valence-corrected chi connectivity index (χ2v) is 2.10. The molecule has 1 N–H and O–H groups in total. The molecule has 0 aliphatic rings. The van der Waals surface area contributed by atoms with Crippen LogP contribution in [0.4, 0.5) is 0 Å². The summed E-state index contributed by atoms with van der Waals surface area (Å²) < 4.78 is 19.3. The van der Waals surface area contributed by atoms with Gasteiger partial charge in [-0.25, -0.2) is 0 Å². The lowest BCUT2D eigenvalue weighted by molar-refractivity contribution is 0.295. The molecule has 0 aromatic carbocycles. The molecule has 3 nitrogen and oxygen atoms in total. The van der Waals surface area contributed by atoms with E-state index in [4.69, 9.17) is 5.11 Å². The van der Waals surface area contributed by atoms with Crippen LogP contribution in [-0.4, -0.2) is 26.2 Å². The highest BCUT2D eigenvalue weighted by atomic mass is 32.2. The zero-order valence-electron chi connectivity index (χ0n) is 3.79. The van der Waals surface area contributed by atoms with Gasteiger partial charge in [0.15, 0.2) is 0 Å². The molecule has 0 rings (SSSR count). The standard InChI is InChI=1S/C3H8O3S/c4-2-1-3-7(5)6/h4H,1-3H2,(H,5,6)/p-1. The van der Waals surface area contributed by atoms with Crippen LogP contribution >= 0.6 is 0 Å². The highest BCUT2D eigenvalue weighted by Crippen LogP contribution is 1.78. The molecule has 0 aromatic rings. The average molecular weight is 123 g/mol. The van der Waals surface area contributed by atoms with E-state index in [9.17, 15) is 8.76 Å². The predicted molar refractivity (Wildman–Crippen MR) is 25.5 cm³/mol. The molecule has 0 bridgehead atoms. The number of aliphatic hydroxyl groups excluding tert-OH is 1. The van der Waals surface area contributed by atoms with Crippen molar-refractivity contribution in [2.45, 2.75) is 6.42 Å². The molecule has 4 heteroatoms. The lowest BCUT2D eigenvalue weighted by Gasteiger charge is -1.99. The normalized spacial score (nSPS) is 14.0. The molecular weight excluding hydrogens is 116 g/mol. The van der Waals surface area contributed by atoms with Gasteiger partial charge in [-0.05, 0) is 6.42 Å². The summed E-state index contributed by atoms with van der Waals surface area (Å²) in [5, 5.41) is 8.04. The molecule has 0 aliphatic heterocycles. The van der Waals surface area contributed by atoms with Crippen LogP contribution in [0, 0.1) is 0 Å². The molecule has 0 aromatic heterocycles. The fraction of sp³-hybridized carbons (Fsp3) is 1.00. The van der Waals surface area contributed by atoms with Gasteiger partial charge in [-0.1, -0.05) is 11.1 Å². The highest BCUT2D eigenvalue weighted by molar-refractivity contribution is 7.79. The van der Waals surface area contributed by atoms with Gasteiger partial charge < -0.3 is 9.66 Å². The maximum Gasteiger partial charge on any atom is 0.0439 e. The summed E-state index contributed by atoms with van der Waals surface area (Å²) in [7, 11) is 0. The molecule has 0 spiro atoms. The number of hydrogen-bond donors (Lipinski definition) is 1. The van der Waals surface area contributed by atoms with E-state index in [1.54, 1.807) is 0 Å². The zero-order valence-corrected chi connectivity index (χ0v) is 4.61. The van der Waals surface area contributed by atoms with Gasteiger partial charge in [0, 0.05) is 12.4 Å². The summed E-state index contributed by atoms with van der Waals surface area (Å²) in [6.45, 7) is -0.0476. The van der Waals surface area contributed by atoms with E-state index in [1.807, 2.05) is 0 Å². The van der Waals surface area contributed by atoms with Gasteiger partial charge in [-0.2, -0.15) is 0 Å². The predicted octanol–water partition coefficient (Wildman–Crippen LogP) is -0.752. The summed E-state index contributed by atoms with van der Waals surface area (Å²) in [5.74, 6) is 0.0660. The van der Waals surface area contributed by atoms with E-state index in [0.717, 1.165) is 0 Å². The Bertz CT molecular complexity index is 63.2. The molecule has 1 unspecified atom stereocenters. The lowest BCUT2D eigenvalue weighted by Crippen LogP contribution is -1.96. The van der Waals surface area contributed by atoms with E-state index in [2.05, 4.69) is 0 Å². The summed E-state index contributed by atoms with van der Waals surface area (Å²) in [5.41, 5.74) is 0. The third-order valence-electron chi connectivity index (χ3n) is 0.469. The molecular formula is C3H7O3S-. The first-order chi connectivity index (χ1) is 3.27. The molecule has 44 valence electrons. The van der Waals surface area contributed by atoms with Gasteiger partial charge in [0.1, 0.15) is 0 Å². The fourth-order valence-corrected chi connectivity index (χ4v) is 0.547. The number of hydrogen-bond acceptors (Lipinski definition) is 3. The molecule has 0 fully saturated rings. The first kappa shape index (κ1) is 7.07. The van der Waals surface area contributed by atoms with Crippen molar-refractivity contribution in [1.82, 2.24) is 0 Å². The molecule has 0 saturated heterocycles. The van der Waals surface area contributed by atoms with E-state index in [-0.39, 0.29) is 12.4 Å². The summed E-state index contributed by atoms with van der Waals surface area (Å²) in [4.78, 5) is 0. The van der Waals surface area contributed by atoms with Crippen molar-refractivity contribution in [2.24, 2.45) is 0 Å². The molecule has 1 atom stereocenters. The zero-order chi connectivity index (χ0) is 5.70. The summed E-state index contributed by atoms with van der Waals surface area (Å²) >= 11 is -1.98. The number of rotatable bonds is 3. The Morgan fingerprint density at radius 1 is 1.71 bits per heavy atom. The number of aliphatic hydroxyl groups is 1. The van der Waals surface area contributed by atoms with Crippen LogP contribution in [0.2, 0.25) is 0 Å². The maximum absolute atomic E-state index is 9.65. The largest absolute Gasteiger partial charge is 0.772 e. The minimum absolute atomic E-state index is 0.0476. The van der Waals surface area contributed by atoms with Crippen molar-refractivity contribution < 1.29 is 13.9 Å². The minimum atomic E-state index is -1.98. The van der Waals surface area contributed by atoms with Gasteiger partial charge >= 0.3 is 0 Å². The van der Waals surface area contributed by atoms with Crippen LogP contribution < -0.4 is 0 Å². The van der Waals surface area contributed by atoms with E-state index >= 15 is 0 Å². The molecule has 0 heterocycles. The monoisotopic (exact) mass is 123 g/mol. The molecule has 0 amide bonds. The Morgan fingerprint density at radius 3 is 2.43 bits per heavy atom. The van der Waals surface area contributed by atoms with Crippen molar-refractivity contribution in [3.63, 3.8) is 0 Å². The van der Waals surface area contributed by atoms with Crippen molar-refractivity contribution in [1.29, 1.82) is 0 Å². The van der Waals surface area contributed by atoms with Crippen LogP contribution in [-0.2, 0) is 11.1 Å². The van der Waals surface area contributed by atoms with Crippen LogP contribution in [0.15, 0.2) is 0 Å². The third-order valence-corrected chi connectivity index (χ3v) is 1.09. The Hall–Kier alpha value is 0.0700. The summed E-state index contributed by atoms with van der Waals surface area (Å²) in [6.07, 6.45) is 0.343. The Morgan fingerprint density at radius 2 is 2.29 bits per heavy atom. The fourth-order valence-electron chi connectivity index (χ4n) is 0.182. The lowest BCUT2D eigenvalue weighted by atomic mass is 10.5. The van der Waals surface area contributed by atoms with E-state index in [0.29, 0.717) is 6.42 Å². The third kappa shape index (κ3) is 6.07. The van der Waals surface area contributed by atoms with E-state index in [1.165, 1.54) is 0 Å². The smallest absolute Gasteiger partial charge is 0.0439 e. The maximum atomic E-state index is 9.65. The van der Waals surface area contributed by atoms with Crippen molar-refractivity contribution >= 4 is 11.1 Å². The topological polar surface area (TPSA) is 60.4 Å². The van der Waals surface area contributed by atoms with Gasteiger partial charge in [-0.15, -0.1) is 0 Å². The van der Waals surface area contributed by atoms with Gasteiger partial charge in [-0.3, -0.25) is 4.21 Å². The van der Waals surface area contributed by atoms with E-state index < -0.39 is 11.1 Å². The molecule has 0 radical (unpaired) electrons. The first-order valence-corrected chi connectivity index (χ1v) is 3.18.